The molecule has 0 amide bonds. The zero-order valence-corrected chi connectivity index (χ0v) is 11.4. The molecule has 0 bridgehead atoms. The van der Waals surface area contributed by atoms with Crippen LogP contribution < -0.4 is 10.1 Å². The largest absolute Gasteiger partial charge is 0.480 e. The van der Waals surface area contributed by atoms with E-state index in [1.807, 2.05) is 12.1 Å². The van der Waals surface area contributed by atoms with E-state index in [2.05, 4.69) is 26.2 Å². The maximum Gasteiger partial charge on any atom is 0.237 e. The first kappa shape index (κ1) is 12.8. The number of hydrogen-bond donors (Lipinski definition) is 1. The molecule has 5 heteroatoms. The van der Waals surface area contributed by atoms with Crippen molar-refractivity contribution >= 4 is 21.6 Å². The summed E-state index contributed by atoms with van der Waals surface area (Å²) in [5.74, 6) is 0.274. The van der Waals surface area contributed by atoms with Crippen LogP contribution in [-0.4, -0.2) is 12.1 Å². The first-order valence-electron chi connectivity index (χ1n) is 5.37. The number of ether oxygens (including phenoxy) is 1. The Morgan fingerprint density at radius 1 is 1.39 bits per heavy atom. The minimum absolute atomic E-state index is 0.266. The molecule has 1 aromatic heterocycles. The lowest BCUT2D eigenvalue weighted by atomic mass is 10.2. The van der Waals surface area contributed by atoms with E-state index in [-0.39, 0.29) is 5.82 Å². The van der Waals surface area contributed by atoms with Crippen LogP contribution in [0.4, 0.5) is 10.1 Å². The third-order valence-electron chi connectivity index (χ3n) is 2.43. The standard InChI is InChI=1S/C13H12BrFN2O/c1-18-13-12(3-2-6-16-13)17-8-9-4-5-11(15)10(14)7-9/h2-7,17H,8H2,1H3. The summed E-state index contributed by atoms with van der Waals surface area (Å²) < 4.78 is 18.7. The molecule has 0 aliphatic carbocycles. The Morgan fingerprint density at radius 3 is 2.94 bits per heavy atom. The first-order chi connectivity index (χ1) is 8.70. The zero-order chi connectivity index (χ0) is 13.0. The third-order valence-corrected chi connectivity index (χ3v) is 3.04. The van der Waals surface area contributed by atoms with Crippen LogP contribution in [0.5, 0.6) is 5.88 Å². The van der Waals surface area contributed by atoms with Crippen molar-refractivity contribution < 1.29 is 9.13 Å². The smallest absolute Gasteiger partial charge is 0.237 e. The van der Waals surface area contributed by atoms with Crippen molar-refractivity contribution in [2.75, 3.05) is 12.4 Å². The molecule has 0 saturated heterocycles. The number of nitrogens with one attached hydrogen (secondary N) is 1. The Kier molecular flexibility index (Phi) is 4.15. The Balaban J connectivity index is 2.09. The quantitative estimate of drug-likeness (QED) is 0.937. The van der Waals surface area contributed by atoms with E-state index in [9.17, 15) is 4.39 Å². The van der Waals surface area contributed by atoms with Gasteiger partial charge >= 0.3 is 0 Å². The van der Waals surface area contributed by atoms with Crippen molar-refractivity contribution in [3.8, 4) is 5.88 Å². The number of rotatable bonds is 4. The molecule has 94 valence electrons. The summed E-state index contributed by atoms with van der Waals surface area (Å²) in [6.45, 7) is 0.570. The van der Waals surface area contributed by atoms with Gasteiger partial charge < -0.3 is 10.1 Å². The highest BCUT2D eigenvalue weighted by Crippen LogP contribution is 2.22. The highest BCUT2D eigenvalue weighted by atomic mass is 79.9. The molecule has 3 nitrogen and oxygen atoms in total. The van der Waals surface area contributed by atoms with Gasteiger partial charge in [0.15, 0.2) is 0 Å². The van der Waals surface area contributed by atoms with Crippen molar-refractivity contribution in [1.82, 2.24) is 4.98 Å². The summed E-state index contributed by atoms with van der Waals surface area (Å²) in [6, 6.07) is 8.61. The second-order valence-corrected chi connectivity index (χ2v) is 4.52. The van der Waals surface area contributed by atoms with Crippen molar-refractivity contribution in [1.29, 1.82) is 0 Å². The summed E-state index contributed by atoms with van der Waals surface area (Å²) in [4.78, 5) is 4.09. The van der Waals surface area contributed by atoms with Gasteiger partial charge in [0.05, 0.1) is 17.3 Å². The monoisotopic (exact) mass is 310 g/mol. The molecular formula is C13H12BrFN2O. The number of anilines is 1. The molecular weight excluding hydrogens is 299 g/mol. The Morgan fingerprint density at radius 2 is 2.22 bits per heavy atom. The van der Waals surface area contributed by atoms with Gasteiger partial charge in [0.1, 0.15) is 5.82 Å². The minimum atomic E-state index is -0.266. The van der Waals surface area contributed by atoms with Gasteiger partial charge in [-0.3, -0.25) is 0 Å². The minimum Gasteiger partial charge on any atom is -0.480 e. The Bertz CT molecular complexity index is 548. The molecule has 0 saturated carbocycles. The molecule has 0 fully saturated rings. The van der Waals surface area contributed by atoms with Gasteiger partial charge in [0.2, 0.25) is 5.88 Å². The summed E-state index contributed by atoms with van der Waals surface area (Å²) in [7, 11) is 1.57. The lowest BCUT2D eigenvalue weighted by Gasteiger charge is -2.10. The summed E-state index contributed by atoms with van der Waals surface area (Å²) >= 11 is 3.16. The molecule has 0 aliphatic heterocycles. The summed E-state index contributed by atoms with van der Waals surface area (Å²) in [6.07, 6.45) is 1.67. The second-order valence-electron chi connectivity index (χ2n) is 3.66. The zero-order valence-electron chi connectivity index (χ0n) is 9.78. The number of methoxy groups -OCH3 is 1. The van der Waals surface area contributed by atoms with E-state index in [1.54, 1.807) is 25.4 Å². The second kappa shape index (κ2) is 5.82. The maximum atomic E-state index is 13.1. The van der Waals surface area contributed by atoms with E-state index in [0.29, 0.717) is 16.9 Å². The van der Waals surface area contributed by atoms with Gasteiger partial charge in [-0.15, -0.1) is 0 Å². The predicted octanol–water partition coefficient (Wildman–Crippen LogP) is 3.60. The molecule has 2 rings (SSSR count). The number of nitrogens with zero attached hydrogens (tertiary/aromatic N) is 1. The van der Waals surface area contributed by atoms with E-state index in [4.69, 9.17) is 4.74 Å². The van der Waals surface area contributed by atoms with Crippen LogP contribution >= 0.6 is 15.9 Å². The van der Waals surface area contributed by atoms with E-state index in [0.717, 1.165) is 11.3 Å². The SMILES string of the molecule is COc1ncccc1NCc1ccc(F)c(Br)c1. The number of benzene rings is 1. The molecule has 1 aromatic carbocycles. The van der Waals surface area contributed by atoms with E-state index in [1.165, 1.54) is 6.07 Å². The van der Waals surface area contributed by atoms with E-state index >= 15 is 0 Å². The average Bonchev–Trinajstić information content (AvgIpc) is 2.40. The summed E-state index contributed by atoms with van der Waals surface area (Å²) in [5.41, 5.74) is 1.77. The van der Waals surface area contributed by atoms with Crippen LogP contribution in [0.25, 0.3) is 0 Å². The van der Waals surface area contributed by atoms with Crippen LogP contribution in [-0.2, 0) is 6.54 Å². The van der Waals surface area contributed by atoms with Crippen molar-refractivity contribution in [2.24, 2.45) is 0 Å². The first-order valence-corrected chi connectivity index (χ1v) is 6.17. The van der Waals surface area contributed by atoms with Crippen LogP contribution in [0.1, 0.15) is 5.56 Å². The molecule has 0 aliphatic rings. The van der Waals surface area contributed by atoms with Crippen LogP contribution in [0.3, 0.4) is 0 Å². The predicted molar refractivity (Wildman–Crippen MR) is 72.2 cm³/mol. The van der Waals surface area contributed by atoms with Crippen LogP contribution in [0.2, 0.25) is 0 Å². The van der Waals surface area contributed by atoms with Crippen molar-refractivity contribution in [2.45, 2.75) is 6.54 Å². The molecule has 0 atom stereocenters. The fourth-order valence-electron chi connectivity index (χ4n) is 1.53. The van der Waals surface area contributed by atoms with Gasteiger partial charge in [0, 0.05) is 12.7 Å². The number of aromatic nitrogens is 1. The topological polar surface area (TPSA) is 34.1 Å². The number of halogens is 2. The number of hydrogen-bond acceptors (Lipinski definition) is 3. The Hall–Kier alpha value is -1.62. The van der Waals surface area contributed by atoms with Gasteiger partial charge in [-0.1, -0.05) is 6.07 Å². The number of pyridine rings is 1. The molecule has 1 N–H and O–H groups in total. The highest BCUT2D eigenvalue weighted by molar-refractivity contribution is 9.10. The third kappa shape index (κ3) is 2.98. The maximum absolute atomic E-state index is 13.1. The average molecular weight is 311 g/mol. The molecule has 1 heterocycles. The van der Waals surface area contributed by atoms with Crippen LogP contribution in [0, 0.1) is 5.82 Å². The molecule has 0 unspecified atom stereocenters. The Labute approximate surface area is 113 Å². The van der Waals surface area contributed by atoms with Crippen molar-refractivity contribution in [3.63, 3.8) is 0 Å². The van der Waals surface area contributed by atoms with Gasteiger partial charge in [-0.05, 0) is 45.8 Å². The highest BCUT2D eigenvalue weighted by Gasteiger charge is 2.04. The van der Waals surface area contributed by atoms with E-state index < -0.39 is 0 Å². The normalized spacial score (nSPS) is 10.2. The fourth-order valence-corrected chi connectivity index (χ4v) is 1.96. The molecule has 18 heavy (non-hydrogen) atoms. The van der Waals surface area contributed by atoms with Gasteiger partial charge in [0.25, 0.3) is 0 Å². The molecule has 0 spiro atoms. The summed E-state index contributed by atoms with van der Waals surface area (Å²) in [5, 5.41) is 3.20. The molecule has 2 aromatic rings. The lowest BCUT2D eigenvalue weighted by molar-refractivity contribution is 0.399. The van der Waals surface area contributed by atoms with Gasteiger partial charge in [-0.2, -0.15) is 0 Å². The molecule has 0 radical (unpaired) electrons. The fraction of sp³-hybridized carbons (Fsp3) is 0.154. The lowest BCUT2D eigenvalue weighted by Crippen LogP contribution is -2.02. The van der Waals surface area contributed by atoms with Crippen LogP contribution in [0.15, 0.2) is 41.0 Å². The van der Waals surface area contributed by atoms with Gasteiger partial charge in [-0.25, -0.2) is 9.37 Å². The van der Waals surface area contributed by atoms with Crippen molar-refractivity contribution in [3.05, 3.63) is 52.4 Å².